The number of aromatic nitrogens is 2. The van der Waals surface area contributed by atoms with E-state index in [4.69, 9.17) is 12.2 Å². The van der Waals surface area contributed by atoms with Crippen molar-refractivity contribution in [1.29, 1.82) is 0 Å². The molecule has 31 heavy (non-hydrogen) atoms. The first kappa shape index (κ1) is 22.5. The van der Waals surface area contributed by atoms with Gasteiger partial charge in [-0.3, -0.25) is 28.4 Å². The summed E-state index contributed by atoms with van der Waals surface area (Å²) in [6, 6.07) is 4.53. The SMILES string of the molecule is CCC(CC)N1C(=O)c2cccc(/N=N/c3c(O)n(CC)c(=S)n(CC)c3=O)c2C1=O. The van der Waals surface area contributed by atoms with Crippen molar-refractivity contribution < 1.29 is 14.7 Å². The van der Waals surface area contributed by atoms with E-state index < -0.39 is 11.5 Å². The maximum atomic E-state index is 13.0. The van der Waals surface area contributed by atoms with E-state index in [1.54, 1.807) is 32.0 Å². The summed E-state index contributed by atoms with van der Waals surface area (Å²) in [5.41, 5.74) is -0.276. The first-order valence-electron chi connectivity index (χ1n) is 10.3. The molecule has 2 amide bonds. The molecule has 1 N–H and O–H groups in total. The summed E-state index contributed by atoms with van der Waals surface area (Å²) < 4.78 is 2.88. The van der Waals surface area contributed by atoms with Crippen molar-refractivity contribution in [2.45, 2.75) is 59.7 Å². The Balaban J connectivity index is 2.13. The van der Waals surface area contributed by atoms with Crippen LogP contribution in [0.1, 0.15) is 61.3 Å². The van der Waals surface area contributed by atoms with Crippen LogP contribution in [0.2, 0.25) is 0 Å². The van der Waals surface area contributed by atoms with E-state index in [2.05, 4.69) is 10.2 Å². The van der Waals surface area contributed by atoms with Crippen LogP contribution in [-0.2, 0) is 13.1 Å². The smallest absolute Gasteiger partial charge is 0.286 e. The molecule has 0 aliphatic carbocycles. The Bertz CT molecular complexity index is 1190. The molecule has 0 bridgehead atoms. The van der Waals surface area contributed by atoms with Gasteiger partial charge in [0.2, 0.25) is 11.6 Å². The van der Waals surface area contributed by atoms with Crippen molar-refractivity contribution in [3.63, 3.8) is 0 Å². The monoisotopic (exact) mass is 443 g/mol. The molecule has 0 radical (unpaired) electrons. The van der Waals surface area contributed by atoms with Crippen molar-refractivity contribution in [2.75, 3.05) is 0 Å². The zero-order chi connectivity index (χ0) is 22.9. The molecule has 164 valence electrons. The van der Waals surface area contributed by atoms with Gasteiger partial charge in [0.1, 0.15) is 0 Å². The van der Waals surface area contributed by atoms with Crippen LogP contribution < -0.4 is 5.56 Å². The highest BCUT2D eigenvalue weighted by atomic mass is 32.1. The standard InChI is InChI=1S/C21H25N5O4S/c1-5-12(6-2)26-17(27)13-10-9-11-14(15(13)18(26)28)22-23-16-19(29)24(7-3)21(31)25(8-4)20(16)30/h9-12,29H,5-8H2,1-4H3/b23-22+. The van der Waals surface area contributed by atoms with Crippen LogP contribution in [0.3, 0.4) is 0 Å². The second kappa shape index (κ2) is 8.93. The maximum Gasteiger partial charge on any atom is 0.286 e. The van der Waals surface area contributed by atoms with Crippen LogP contribution in [0.5, 0.6) is 5.88 Å². The number of nitrogens with zero attached hydrogens (tertiary/aromatic N) is 5. The third kappa shape index (κ3) is 3.60. The molecule has 1 aliphatic heterocycles. The third-order valence-corrected chi connectivity index (χ3v) is 5.94. The second-order valence-electron chi connectivity index (χ2n) is 7.10. The summed E-state index contributed by atoms with van der Waals surface area (Å²) in [7, 11) is 0. The number of hydrogen-bond donors (Lipinski definition) is 1. The van der Waals surface area contributed by atoms with E-state index in [1.807, 2.05) is 13.8 Å². The number of azo groups is 1. The Hall–Kier alpha value is -3.14. The first-order chi connectivity index (χ1) is 14.8. The molecule has 1 aromatic heterocycles. The fourth-order valence-corrected chi connectivity index (χ4v) is 4.21. The molecule has 2 heterocycles. The van der Waals surface area contributed by atoms with Crippen molar-refractivity contribution in [2.24, 2.45) is 10.2 Å². The van der Waals surface area contributed by atoms with Gasteiger partial charge in [0.15, 0.2) is 4.77 Å². The van der Waals surface area contributed by atoms with Crippen molar-refractivity contribution in [1.82, 2.24) is 14.0 Å². The van der Waals surface area contributed by atoms with Crippen LogP contribution in [-0.4, -0.2) is 37.0 Å². The molecule has 2 aromatic rings. The van der Waals surface area contributed by atoms with Gasteiger partial charge in [0.25, 0.3) is 17.4 Å². The summed E-state index contributed by atoms with van der Waals surface area (Å²) in [4.78, 5) is 39.9. The molecule has 0 unspecified atom stereocenters. The van der Waals surface area contributed by atoms with Gasteiger partial charge in [-0.25, -0.2) is 0 Å². The van der Waals surface area contributed by atoms with Gasteiger partial charge in [-0.05, 0) is 51.0 Å². The number of rotatable bonds is 7. The lowest BCUT2D eigenvalue weighted by atomic mass is 10.1. The molecule has 1 aliphatic rings. The molecule has 0 fully saturated rings. The Labute approximate surface area is 184 Å². The zero-order valence-electron chi connectivity index (χ0n) is 18.0. The Morgan fingerprint density at radius 2 is 1.61 bits per heavy atom. The second-order valence-corrected chi connectivity index (χ2v) is 7.46. The molecule has 0 saturated heterocycles. The van der Waals surface area contributed by atoms with E-state index in [-0.39, 0.29) is 45.1 Å². The highest BCUT2D eigenvalue weighted by Crippen LogP contribution is 2.34. The Morgan fingerprint density at radius 1 is 0.968 bits per heavy atom. The van der Waals surface area contributed by atoms with E-state index >= 15 is 0 Å². The molecule has 9 nitrogen and oxygen atoms in total. The average Bonchev–Trinajstić information content (AvgIpc) is 3.01. The minimum absolute atomic E-state index is 0.154. The van der Waals surface area contributed by atoms with Gasteiger partial charge in [-0.15, -0.1) is 10.2 Å². The summed E-state index contributed by atoms with van der Waals surface area (Å²) in [6.45, 7) is 8.03. The van der Waals surface area contributed by atoms with E-state index in [0.717, 1.165) is 0 Å². The number of carbonyl (C=O) groups is 2. The minimum atomic E-state index is -0.577. The molecule has 0 atom stereocenters. The van der Waals surface area contributed by atoms with Gasteiger partial charge in [-0.1, -0.05) is 19.9 Å². The Kier molecular flexibility index (Phi) is 6.49. The van der Waals surface area contributed by atoms with E-state index in [9.17, 15) is 19.5 Å². The van der Waals surface area contributed by atoms with Crippen LogP contribution in [0.25, 0.3) is 0 Å². The highest BCUT2D eigenvalue weighted by molar-refractivity contribution is 7.71. The molecule has 1 aromatic carbocycles. The largest absolute Gasteiger partial charge is 0.493 e. The quantitative estimate of drug-likeness (QED) is 0.389. The lowest BCUT2D eigenvalue weighted by Crippen LogP contribution is -2.39. The lowest BCUT2D eigenvalue weighted by molar-refractivity contribution is 0.0576. The topological polar surface area (TPSA) is 109 Å². The fraction of sp³-hybridized carbons (Fsp3) is 0.429. The predicted molar refractivity (Wildman–Crippen MR) is 118 cm³/mol. The van der Waals surface area contributed by atoms with Crippen LogP contribution >= 0.6 is 12.2 Å². The van der Waals surface area contributed by atoms with Gasteiger partial charge < -0.3 is 5.11 Å². The van der Waals surface area contributed by atoms with E-state index in [1.165, 1.54) is 14.0 Å². The molecule has 0 spiro atoms. The molecule has 0 saturated carbocycles. The van der Waals surface area contributed by atoms with Crippen molar-refractivity contribution >= 4 is 35.4 Å². The summed E-state index contributed by atoms with van der Waals surface area (Å²) in [5, 5.41) is 18.6. The highest BCUT2D eigenvalue weighted by Gasteiger charge is 2.40. The van der Waals surface area contributed by atoms with Gasteiger partial charge in [0, 0.05) is 19.1 Å². The van der Waals surface area contributed by atoms with E-state index in [0.29, 0.717) is 25.9 Å². The normalized spacial score (nSPS) is 13.6. The first-order valence-corrected chi connectivity index (χ1v) is 10.7. The van der Waals surface area contributed by atoms with Gasteiger partial charge in [0.05, 0.1) is 16.8 Å². The number of amides is 2. The predicted octanol–water partition coefficient (Wildman–Crippen LogP) is 4.32. The van der Waals surface area contributed by atoms with Crippen LogP contribution in [0.4, 0.5) is 11.4 Å². The molecular formula is C21H25N5O4S. The number of fused-ring (bicyclic) bond motifs is 1. The van der Waals surface area contributed by atoms with Gasteiger partial charge >= 0.3 is 0 Å². The molecule has 3 rings (SSSR count). The summed E-state index contributed by atoms with van der Waals surface area (Å²) in [6.07, 6.45) is 1.29. The van der Waals surface area contributed by atoms with Crippen LogP contribution in [0.15, 0.2) is 33.2 Å². The fourth-order valence-electron chi connectivity index (χ4n) is 3.78. The lowest BCUT2D eigenvalue weighted by Gasteiger charge is -2.23. The van der Waals surface area contributed by atoms with Crippen molar-refractivity contribution in [3.8, 4) is 5.88 Å². The number of carbonyl (C=O) groups excluding carboxylic acids is 2. The minimum Gasteiger partial charge on any atom is -0.493 e. The number of imide groups is 1. The third-order valence-electron chi connectivity index (χ3n) is 5.50. The number of benzene rings is 1. The molecular weight excluding hydrogens is 418 g/mol. The zero-order valence-corrected chi connectivity index (χ0v) is 18.8. The Morgan fingerprint density at radius 3 is 2.19 bits per heavy atom. The average molecular weight is 444 g/mol. The summed E-state index contributed by atoms with van der Waals surface area (Å²) in [5.74, 6) is -1.18. The maximum absolute atomic E-state index is 13.0. The number of hydrogen-bond acceptors (Lipinski definition) is 7. The van der Waals surface area contributed by atoms with Gasteiger partial charge in [-0.2, -0.15) is 0 Å². The molecule has 10 heteroatoms. The van der Waals surface area contributed by atoms with Crippen LogP contribution in [0, 0.1) is 4.77 Å². The van der Waals surface area contributed by atoms with Crippen molar-refractivity contribution in [3.05, 3.63) is 44.5 Å². The number of aromatic hydroxyl groups is 1. The summed E-state index contributed by atoms with van der Waals surface area (Å²) >= 11 is 5.26.